The third-order valence-corrected chi connectivity index (χ3v) is 8.53. The molecule has 35 heavy (non-hydrogen) atoms. The first-order chi connectivity index (χ1) is 17.0. The Morgan fingerprint density at radius 3 is 2.43 bits per heavy atom. The summed E-state index contributed by atoms with van der Waals surface area (Å²) in [6.07, 6.45) is 4.48. The Bertz CT molecular complexity index is 946. The fourth-order valence-corrected chi connectivity index (χ4v) is 6.55. The molecule has 0 spiro atoms. The first kappa shape index (κ1) is 27.4. The maximum atomic E-state index is 11.1. The lowest BCUT2D eigenvalue weighted by molar-refractivity contribution is -0.136. The summed E-state index contributed by atoms with van der Waals surface area (Å²) in [4.78, 5) is 22.1. The summed E-state index contributed by atoms with van der Waals surface area (Å²) in [6, 6.07) is 16.2. The summed E-state index contributed by atoms with van der Waals surface area (Å²) in [5.74, 6) is -0.108. The van der Waals surface area contributed by atoms with Crippen molar-refractivity contribution in [1.82, 2.24) is 0 Å². The molecule has 2 aromatic rings. The third-order valence-electron chi connectivity index (χ3n) is 6.13. The van der Waals surface area contributed by atoms with Gasteiger partial charge in [0.2, 0.25) is 0 Å². The van der Waals surface area contributed by atoms with Crippen LogP contribution in [-0.4, -0.2) is 57.2 Å². The topological polar surface area (TPSA) is 104 Å². The smallest absolute Gasteiger partial charge is 0.313 e. The molecule has 2 unspecified atom stereocenters. The van der Waals surface area contributed by atoms with Crippen molar-refractivity contribution in [2.24, 2.45) is 0 Å². The third kappa shape index (κ3) is 8.78. The predicted octanol–water partition coefficient (Wildman–Crippen LogP) is 5.39. The van der Waals surface area contributed by atoms with Gasteiger partial charge in [-0.2, -0.15) is 11.8 Å². The van der Waals surface area contributed by atoms with Crippen LogP contribution in [-0.2, 0) is 16.0 Å². The van der Waals surface area contributed by atoms with Gasteiger partial charge in [-0.05, 0) is 29.9 Å². The molecule has 3 rings (SSSR count). The second kappa shape index (κ2) is 14.4. The fraction of sp³-hybridized carbons (Fsp3) is 0.481. The van der Waals surface area contributed by atoms with Crippen molar-refractivity contribution >= 4 is 35.5 Å². The molecular weight excluding hydrogens is 484 g/mol. The van der Waals surface area contributed by atoms with Gasteiger partial charge in [0, 0.05) is 23.5 Å². The van der Waals surface area contributed by atoms with Crippen LogP contribution in [0.25, 0.3) is 0 Å². The molecular formula is C27H34O6S2. The minimum absolute atomic E-state index is 0.0112. The number of carboxylic acid groups (broad SMARTS) is 2. The highest BCUT2D eigenvalue weighted by molar-refractivity contribution is 8.00. The summed E-state index contributed by atoms with van der Waals surface area (Å²) in [7, 11) is 0. The van der Waals surface area contributed by atoms with Crippen LogP contribution in [0.5, 0.6) is 5.75 Å². The standard InChI is InChI=1S/C27H34O6S2/c28-23(17-34-18-25(31)32)27(35-16-14-24(29)30)22-12-6-11-21(20-9-4-5-10-20)26(22)33-15-13-19-7-2-1-3-8-19/h1-3,6-8,11-12,20,23,27-28H,4-5,9-10,13-18H2,(H,29,30)(H,31,32). The van der Waals surface area contributed by atoms with E-state index in [2.05, 4.69) is 18.2 Å². The summed E-state index contributed by atoms with van der Waals surface area (Å²) in [5.41, 5.74) is 3.20. The van der Waals surface area contributed by atoms with Crippen LogP contribution < -0.4 is 4.74 Å². The monoisotopic (exact) mass is 518 g/mol. The van der Waals surface area contributed by atoms with Crippen molar-refractivity contribution in [2.75, 3.05) is 23.9 Å². The molecule has 0 aromatic heterocycles. The van der Waals surface area contributed by atoms with Crippen molar-refractivity contribution in [1.29, 1.82) is 0 Å². The zero-order chi connectivity index (χ0) is 25.0. The van der Waals surface area contributed by atoms with Gasteiger partial charge in [-0.1, -0.05) is 61.4 Å². The van der Waals surface area contributed by atoms with Crippen molar-refractivity contribution in [3.8, 4) is 5.75 Å². The van der Waals surface area contributed by atoms with E-state index in [-0.39, 0.29) is 17.9 Å². The van der Waals surface area contributed by atoms with E-state index in [0.29, 0.717) is 18.3 Å². The Morgan fingerprint density at radius 1 is 1.00 bits per heavy atom. The predicted molar refractivity (Wildman–Crippen MR) is 142 cm³/mol. The SMILES string of the molecule is O=C(O)CCSC(c1cccc(C2CCCC2)c1OCCc1ccccc1)C(O)CSCC(=O)O. The Kier molecular flexibility index (Phi) is 11.3. The molecule has 0 radical (unpaired) electrons. The number of hydrogen-bond donors (Lipinski definition) is 3. The molecule has 0 saturated heterocycles. The Hall–Kier alpha value is -2.16. The Labute approximate surface area is 215 Å². The number of hydrogen-bond acceptors (Lipinski definition) is 6. The van der Waals surface area contributed by atoms with Crippen LogP contribution in [0.2, 0.25) is 0 Å². The van der Waals surface area contributed by atoms with Crippen molar-refractivity contribution in [3.63, 3.8) is 0 Å². The van der Waals surface area contributed by atoms with Gasteiger partial charge in [-0.15, -0.1) is 11.8 Å². The highest BCUT2D eigenvalue weighted by Crippen LogP contribution is 2.45. The average Bonchev–Trinajstić information content (AvgIpc) is 3.37. The molecule has 190 valence electrons. The highest BCUT2D eigenvalue weighted by atomic mass is 32.2. The van der Waals surface area contributed by atoms with E-state index in [1.165, 1.54) is 30.2 Å². The maximum Gasteiger partial charge on any atom is 0.313 e. The highest BCUT2D eigenvalue weighted by Gasteiger charge is 2.29. The lowest BCUT2D eigenvalue weighted by Crippen LogP contribution is -2.22. The molecule has 3 N–H and O–H groups in total. The number of para-hydroxylation sites is 1. The molecule has 8 heteroatoms. The molecule has 6 nitrogen and oxygen atoms in total. The van der Waals surface area contributed by atoms with Gasteiger partial charge in [0.15, 0.2) is 0 Å². The van der Waals surface area contributed by atoms with E-state index in [1.807, 2.05) is 30.3 Å². The first-order valence-electron chi connectivity index (χ1n) is 12.1. The summed E-state index contributed by atoms with van der Waals surface area (Å²) < 4.78 is 6.44. The molecule has 1 aliphatic carbocycles. The van der Waals surface area contributed by atoms with Crippen LogP contribution in [0.3, 0.4) is 0 Å². The van der Waals surface area contributed by atoms with Gasteiger partial charge in [-0.3, -0.25) is 9.59 Å². The lowest BCUT2D eigenvalue weighted by Gasteiger charge is -2.27. The number of benzene rings is 2. The van der Waals surface area contributed by atoms with E-state index in [0.717, 1.165) is 47.9 Å². The van der Waals surface area contributed by atoms with Gasteiger partial charge in [-0.25, -0.2) is 0 Å². The molecule has 1 aliphatic rings. The normalized spacial score (nSPS) is 15.6. The number of thioether (sulfide) groups is 2. The fourth-order valence-electron chi connectivity index (χ4n) is 4.47. The van der Waals surface area contributed by atoms with Crippen LogP contribution in [0.4, 0.5) is 0 Å². The van der Waals surface area contributed by atoms with Crippen LogP contribution >= 0.6 is 23.5 Å². The number of carbonyl (C=O) groups is 2. The minimum atomic E-state index is -0.926. The lowest BCUT2D eigenvalue weighted by atomic mass is 9.93. The molecule has 0 aliphatic heterocycles. The molecule has 0 heterocycles. The quantitative estimate of drug-likeness (QED) is 0.288. The zero-order valence-corrected chi connectivity index (χ0v) is 21.4. The second-order valence-electron chi connectivity index (χ2n) is 8.74. The Balaban J connectivity index is 1.86. The second-order valence-corrected chi connectivity index (χ2v) is 11.0. The largest absolute Gasteiger partial charge is 0.493 e. The number of aliphatic hydroxyl groups excluding tert-OH is 1. The van der Waals surface area contributed by atoms with Gasteiger partial charge >= 0.3 is 11.9 Å². The average molecular weight is 519 g/mol. The van der Waals surface area contributed by atoms with Crippen molar-refractivity contribution in [3.05, 3.63) is 65.2 Å². The summed E-state index contributed by atoms with van der Waals surface area (Å²) >= 11 is 2.56. The van der Waals surface area contributed by atoms with Gasteiger partial charge in [0.25, 0.3) is 0 Å². The van der Waals surface area contributed by atoms with Crippen molar-refractivity contribution in [2.45, 2.75) is 55.8 Å². The van der Waals surface area contributed by atoms with E-state index in [4.69, 9.17) is 14.9 Å². The molecule has 2 aromatic carbocycles. The zero-order valence-electron chi connectivity index (χ0n) is 19.8. The number of carboxylic acids is 2. The maximum absolute atomic E-state index is 11.1. The molecule has 1 saturated carbocycles. The number of ether oxygens (including phenoxy) is 1. The van der Waals surface area contributed by atoms with Gasteiger partial charge < -0.3 is 20.1 Å². The molecule has 0 bridgehead atoms. The number of aliphatic carboxylic acids is 2. The van der Waals surface area contributed by atoms with Crippen molar-refractivity contribution < 1.29 is 29.6 Å². The van der Waals surface area contributed by atoms with Crippen LogP contribution in [0.1, 0.15) is 60.0 Å². The Morgan fingerprint density at radius 2 is 1.74 bits per heavy atom. The van der Waals surface area contributed by atoms with Gasteiger partial charge in [0.1, 0.15) is 5.75 Å². The summed E-state index contributed by atoms with van der Waals surface area (Å²) in [5, 5.41) is 28.8. The minimum Gasteiger partial charge on any atom is -0.493 e. The van der Waals surface area contributed by atoms with Crippen LogP contribution in [0, 0.1) is 0 Å². The van der Waals surface area contributed by atoms with E-state index in [1.54, 1.807) is 0 Å². The van der Waals surface area contributed by atoms with Crippen LogP contribution in [0.15, 0.2) is 48.5 Å². The van der Waals surface area contributed by atoms with E-state index >= 15 is 0 Å². The molecule has 0 amide bonds. The first-order valence-corrected chi connectivity index (χ1v) is 14.3. The molecule has 2 atom stereocenters. The van der Waals surface area contributed by atoms with Gasteiger partial charge in [0.05, 0.1) is 30.1 Å². The summed E-state index contributed by atoms with van der Waals surface area (Å²) in [6.45, 7) is 0.497. The number of aliphatic hydroxyl groups is 1. The van der Waals surface area contributed by atoms with E-state index in [9.17, 15) is 14.7 Å². The molecule has 1 fully saturated rings. The number of rotatable bonds is 15. The van der Waals surface area contributed by atoms with E-state index < -0.39 is 23.3 Å².